The predicted octanol–water partition coefficient (Wildman–Crippen LogP) is 0.720. The number of hydrogen-bond donors (Lipinski definition) is 0. The lowest BCUT2D eigenvalue weighted by molar-refractivity contribution is 0.0695. The zero-order chi connectivity index (χ0) is 12.5. The first kappa shape index (κ1) is 12.5. The van der Waals surface area contributed by atoms with Gasteiger partial charge in [-0.05, 0) is 11.4 Å². The van der Waals surface area contributed by atoms with E-state index in [9.17, 15) is 17.1 Å². The van der Waals surface area contributed by atoms with Crippen LogP contribution in [0.1, 0.15) is 10.4 Å². The summed E-state index contributed by atoms with van der Waals surface area (Å²) >= 11 is 1.42. The molecule has 8 heteroatoms. The van der Waals surface area contributed by atoms with Gasteiger partial charge < -0.3 is 4.90 Å². The minimum Gasteiger partial charge on any atom is -0.336 e. The zero-order valence-corrected chi connectivity index (χ0v) is 10.5. The molecule has 2 rings (SSSR count). The second-order valence-corrected chi connectivity index (χ2v) is 5.77. The molecule has 0 atom stereocenters. The molecule has 1 aromatic rings. The van der Waals surface area contributed by atoms with E-state index in [-0.39, 0.29) is 32.1 Å². The summed E-state index contributed by atoms with van der Waals surface area (Å²) < 4.78 is 34.7. The highest BCUT2D eigenvalue weighted by atomic mass is 32.3. The highest BCUT2D eigenvalue weighted by Crippen LogP contribution is 2.13. The van der Waals surface area contributed by atoms with Crippen molar-refractivity contribution in [2.75, 3.05) is 26.2 Å². The van der Waals surface area contributed by atoms with Crippen molar-refractivity contribution in [2.24, 2.45) is 0 Å². The molecule has 0 saturated carbocycles. The molecule has 5 nitrogen and oxygen atoms in total. The van der Waals surface area contributed by atoms with Crippen LogP contribution in [0.2, 0.25) is 0 Å². The smallest absolute Gasteiger partial charge is 0.336 e. The van der Waals surface area contributed by atoms with E-state index in [1.54, 1.807) is 16.8 Å². The van der Waals surface area contributed by atoms with Crippen LogP contribution in [0.3, 0.4) is 0 Å². The molecule has 2 heterocycles. The first-order valence-electron chi connectivity index (χ1n) is 4.99. The molecular formula is C9H11FN2O3S2. The number of carbonyl (C=O) groups excluding carboxylic acids is 1. The second-order valence-electron chi connectivity index (χ2n) is 3.65. The predicted molar refractivity (Wildman–Crippen MR) is 61.8 cm³/mol. The Bertz CT molecular complexity index is 492. The van der Waals surface area contributed by atoms with Gasteiger partial charge in [0.25, 0.3) is 5.91 Å². The number of piperazine rings is 1. The van der Waals surface area contributed by atoms with E-state index in [2.05, 4.69) is 0 Å². The van der Waals surface area contributed by atoms with Crippen molar-refractivity contribution in [3.05, 3.63) is 22.4 Å². The van der Waals surface area contributed by atoms with Crippen molar-refractivity contribution < 1.29 is 17.1 Å². The fraction of sp³-hybridized carbons (Fsp3) is 0.444. The Morgan fingerprint density at radius 1 is 1.29 bits per heavy atom. The quantitative estimate of drug-likeness (QED) is 0.749. The molecule has 0 spiro atoms. The number of rotatable bonds is 2. The summed E-state index contributed by atoms with van der Waals surface area (Å²) in [5.41, 5.74) is 0.589. The van der Waals surface area contributed by atoms with Crippen molar-refractivity contribution in [1.82, 2.24) is 9.21 Å². The number of hydrogen-bond acceptors (Lipinski definition) is 4. The molecule has 0 unspecified atom stereocenters. The third kappa shape index (κ3) is 2.82. The van der Waals surface area contributed by atoms with Crippen LogP contribution in [0.4, 0.5) is 3.89 Å². The molecule has 0 radical (unpaired) electrons. The van der Waals surface area contributed by atoms with Gasteiger partial charge in [0.15, 0.2) is 0 Å². The molecule has 0 aromatic carbocycles. The zero-order valence-electron chi connectivity index (χ0n) is 8.87. The lowest BCUT2D eigenvalue weighted by atomic mass is 10.2. The standard InChI is InChI=1S/C9H11FN2O3S2/c10-17(14,15)12-4-2-11(3-5-12)9(13)8-1-6-16-7-8/h1,6-7H,2-5H2. The first-order valence-corrected chi connectivity index (χ1v) is 7.28. The van der Waals surface area contributed by atoms with E-state index in [0.717, 1.165) is 4.31 Å². The highest BCUT2D eigenvalue weighted by Gasteiger charge is 2.28. The van der Waals surface area contributed by atoms with E-state index in [1.165, 1.54) is 16.2 Å². The average Bonchev–Trinajstić information content (AvgIpc) is 2.80. The molecule has 0 bridgehead atoms. The van der Waals surface area contributed by atoms with Gasteiger partial charge in [0.1, 0.15) is 0 Å². The van der Waals surface area contributed by atoms with Crippen LogP contribution in [-0.2, 0) is 10.4 Å². The molecule has 1 aliphatic rings. The van der Waals surface area contributed by atoms with E-state index < -0.39 is 10.4 Å². The lowest BCUT2D eigenvalue weighted by Crippen LogP contribution is -2.49. The highest BCUT2D eigenvalue weighted by molar-refractivity contribution is 7.83. The molecule has 1 aromatic heterocycles. The number of amides is 1. The van der Waals surface area contributed by atoms with Gasteiger partial charge in [-0.3, -0.25) is 4.79 Å². The topological polar surface area (TPSA) is 57.7 Å². The van der Waals surface area contributed by atoms with E-state index in [0.29, 0.717) is 5.56 Å². The maximum Gasteiger partial charge on any atom is 0.374 e. The maximum absolute atomic E-state index is 12.7. The van der Waals surface area contributed by atoms with Crippen molar-refractivity contribution >= 4 is 27.7 Å². The monoisotopic (exact) mass is 278 g/mol. The molecule has 1 saturated heterocycles. The van der Waals surface area contributed by atoms with Gasteiger partial charge in [-0.15, -0.1) is 0 Å². The Balaban J connectivity index is 1.98. The third-order valence-electron chi connectivity index (χ3n) is 2.60. The Morgan fingerprint density at radius 3 is 2.41 bits per heavy atom. The number of thiophene rings is 1. The Morgan fingerprint density at radius 2 is 1.94 bits per heavy atom. The summed E-state index contributed by atoms with van der Waals surface area (Å²) in [5.74, 6) is -0.137. The molecule has 1 aliphatic heterocycles. The fourth-order valence-electron chi connectivity index (χ4n) is 1.68. The van der Waals surface area contributed by atoms with Crippen molar-refractivity contribution in [2.45, 2.75) is 0 Å². The van der Waals surface area contributed by atoms with Crippen LogP contribution >= 0.6 is 11.3 Å². The summed E-state index contributed by atoms with van der Waals surface area (Å²) in [7, 11) is -4.63. The van der Waals surface area contributed by atoms with Crippen molar-refractivity contribution in [3.8, 4) is 0 Å². The fourth-order valence-corrected chi connectivity index (χ4v) is 2.91. The summed E-state index contributed by atoms with van der Waals surface area (Å²) in [6.07, 6.45) is 0. The lowest BCUT2D eigenvalue weighted by Gasteiger charge is -2.31. The van der Waals surface area contributed by atoms with Crippen molar-refractivity contribution in [3.63, 3.8) is 0 Å². The first-order chi connectivity index (χ1) is 7.98. The van der Waals surface area contributed by atoms with Gasteiger partial charge in [0.2, 0.25) is 0 Å². The largest absolute Gasteiger partial charge is 0.374 e. The average molecular weight is 278 g/mol. The maximum atomic E-state index is 12.7. The Labute approximate surface area is 103 Å². The molecule has 1 amide bonds. The van der Waals surface area contributed by atoms with Crippen molar-refractivity contribution in [1.29, 1.82) is 0 Å². The van der Waals surface area contributed by atoms with E-state index in [4.69, 9.17) is 0 Å². The molecule has 94 valence electrons. The van der Waals surface area contributed by atoms with Gasteiger partial charge in [0.05, 0.1) is 5.56 Å². The van der Waals surface area contributed by atoms with Crippen LogP contribution in [0.5, 0.6) is 0 Å². The van der Waals surface area contributed by atoms with E-state index >= 15 is 0 Å². The molecule has 0 aliphatic carbocycles. The van der Waals surface area contributed by atoms with Gasteiger partial charge in [-0.2, -0.15) is 24.1 Å². The SMILES string of the molecule is O=C(c1ccsc1)N1CCN(S(=O)(=O)F)CC1. The minimum atomic E-state index is -4.63. The molecular weight excluding hydrogens is 267 g/mol. The third-order valence-corrected chi connectivity index (χ3v) is 4.27. The van der Waals surface area contributed by atoms with Crippen LogP contribution in [0, 0.1) is 0 Å². The Hall–Kier alpha value is -0.990. The molecule has 1 fully saturated rings. The Kier molecular flexibility index (Phi) is 3.45. The van der Waals surface area contributed by atoms with E-state index in [1.807, 2.05) is 0 Å². The van der Waals surface area contributed by atoms with Crippen LogP contribution in [-0.4, -0.2) is 49.7 Å². The van der Waals surface area contributed by atoms with Gasteiger partial charge in [-0.1, -0.05) is 3.89 Å². The summed E-state index contributed by atoms with van der Waals surface area (Å²) in [6.45, 7) is 0.457. The molecule has 17 heavy (non-hydrogen) atoms. The molecule has 0 N–H and O–H groups in total. The minimum absolute atomic E-state index is 0.00864. The summed E-state index contributed by atoms with van der Waals surface area (Å²) in [5, 5.41) is 3.54. The van der Waals surface area contributed by atoms with Crippen LogP contribution in [0.25, 0.3) is 0 Å². The van der Waals surface area contributed by atoms with Gasteiger partial charge in [-0.25, -0.2) is 0 Å². The van der Waals surface area contributed by atoms with Crippen LogP contribution < -0.4 is 0 Å². The van der Waals surface area contributed by atoms with Gasteiger partial charge in [0, 0.05) is 31.6 Å². The summed E-state index contributed by atoms with van der Waals surface area (Å²) in [6, 6.07) is 1.71. The summed E-state index contributed by atoms with van der Waals surface area (Å²) in [4.78, 5) is 13.4. The normalized spacial score (nSPS) is 18.3. The van der Waals surface area contributed by atoms with Gasteiger partial charge >= 0.3 is 10.4 Å². The second kappa shape index (κ2) is 4.71. The number of nitrogens with zero attached hydrogens (tertiary/aromatic N) is 2. The number of halogens is 1. The number of carbonyl (C=O) groups is 1. The van der Waals surface area contributed by atoms with Crippen LogP contribution in [0.15, 0.2) is 16.8 Å².